The molecule has 2 aromatic rings. The van der Waals surface area contributed by atoms with Crippen LogP contribution >= 0.6 is 0 Å². The lowest BCUT2D eigenvalue weighted by Gasteiger charge is -2.27. The zero-order valence-electron chi connectivity index (χ0n) is 9.65. The lowest BCUT2D eigenvalue weighted by molar-refractivity contribution is -0.141. The van der Waals surface area contributed by atoms with Gasteiger partial charge in [-0.05, 0) is 11.6 Å². The van der Waals surface area contributed by atoms with Crippen LogP contribution in [0.3, 0.4) is 0 Å². The smallest absolute Gasteiger partial charge is 0.307 e. The second kappa shape index (κ2) is 4.98. The molecule has 0 radical (unpaired) electrons. The minimum Gasteiger partial charge on any atom is -0.481 e. The molecule has 4 nitrogen and oxygen atoms in total. The topological polar surface area (TPSA) is 70.4 Å². The van der Waals surface area contributed by atoms with E-state index in [1.807, 2.05) is 6.07 Å². The van der Waals surface area contributed by atoms with Gasteiger partial charge in [-0.15, -0.1) is 0 Å². The Balaban J connectivity index is 2.51. The number of hydrogen-bond acceptors (Lipinski definition) is 3. The molecule has 0 amide bonds. The fraction of sp³-hybridized carbons (Fsp3) is 0.143. The van der Waals surface area contributed by atoms with Gasteiger partial charge in [0.15, 0.2) is 0 Å². The molecule has 0 saturated heterocycles. The third-order valence-electron chi connectivity index (χ3n) is 2.80. The van der Waals surface area contributed by atoms with Crippen LogP contribution in [0, 0.1) is 0 Å². The maximum absolute atomic E-state index is 11.0. The molecule has 0 aliphatic heterocycles. The first-order valence-corrected chi connectivity index (χ1v) is 5.53. The number of nitrogens with zero attached hydrogens (tertiary/aromatic N) is 1. The molecule has 1 aromatic carbocycles. The van der Waals surface area contributed by atoms with E-state index in [2.05, 4.69) is 4.98 Å². The van der Waals surface area contributed by atoms with Gasteiger partial charge < -0.3 is 10.2 Å². The van der Waals surface area contributed by atoms with Crippen LogP contribution in [-0.4, -0.2) is 21.2 Å². The number of aliphatic carboxylic acids is 1. The van der Waals surface area contributed by atoms with E-state index in [-0.39, 0.29) is 0 Å². The maximum atomic E-state index is 11.0. The molecule has 18 heavy (non-hydrogen) atoms. The zero-order valence-corrected chi connectivity index (χ0v) is 9.65. The van der Waals surface area contributed by atoms with E-state index in [1.165, 1.54) is 6.20 Å². The molecule has 92 valence electrons. The highest BCUT2D eigenvalue weighted by Gasteiger charge is 2.34. The number of hydrogen-bond donors (Lipinski definition) is 2. The van der Waals surface area contributed by atoms with Crippen LogP contribution in [0.5, 0.6) is 0 Å². The van der Waals surface area contributed by atoms with Gasteiger partial charge in [0.1, 0.15) is 5.60 Å². The number of rotatable bonds is 4. The van der Waals surface area contributed by atoms with Crippen molar-refractivity contribution in [1.29, 1.82) is 0 Å². The van der Waals surface area contributed by atoms with E-state index in [4.69, 9.17) is 5.11 Å². The summed E-state index contributed by atoms with van der Waals surface area (Å²) < 4.78 is 0. The van der Waals surface area contributed by atoms with Crippen molar-refractivity contribution < 1.29 is 15.0 Å². The van der Waals surface area contributed by atoms with Gasteiger partial charge in [0.2, 0.25) is 0 Å². The van der Waals surface area contributed by atoms with Crippen molar-refractivity contribution in [3.63, 3.8) is 0 Å². The van der Waals surface area contributed by atoms with E-state index in [0.717, 1.165) is 0 Å². The standard InChI is InChI=1S/C14H13NO3/c16-13(17)9-14(18,11-5-2-1-3-6-11)12-7-4-8-15-10-12/h1-8,10,18H,9H2,(H,16,17)/t14-/m0/s1. The summed E-state index contributed by atoms with van der Waals surface area (Å²) in [5, 5.41) is 19.7. The molecular weight excluding hydrogens is 230 g/mol. The third-order valence-corrected chi connectivity index (χ3v) is 2.80. The van der Waals surface area contributed by atoms with Crippen molar-refractivity contribution in [1.82, 2.24) is 4.98 Å². The van der Waals surface area contributed by atoms with Gasteiger partial charge in [-0.25, -0.2) is 0 Å². The summed E-state index contributed by atoms with van der Waals surface area (Å²) in [5.74, 6) is -1.06. The van der Waals surface area contributed by atoms with Crippen LogP contribution in [0.1, 0.15) is 17.5 Å². The number of carboxylic acids is 1. The molecule has 0 bridgehead atoms. The highest BCUT2D eigenvalue weighted by atomic mass is 16.4. The summed E-state index contributed by atoms with van der Waals surface area (Å²) in [7, 11) is 0. The maximum Gasteiger partial charge on any atom is 0.307 e. The summed E-state index contributed by atoms with van der Waals surface area (Å²) in [6.45, 7) is 0. The van der Waals surface area contributed by atoms with Crippen LogP contribution < -0.4 is 0 Å². The van der Waals surface area contributed by atoms with Gasteiger partial charge in [-0.1, -0.05) is 36.4 Å². The van der Waals surface area contributed by atoms with Crippen LogP contribution in [0.25, 0.3) is 0 Å². The first-order chi connectivity index (χ1) is 8.63. The normalized spacial score (nSPS) is 13.8. The van der Waals surface area contributed by atoms with Crippen LogP contribution in [0.2, 0.25) is 0 Å². The minimum absolute atomic E-state index is 0.400. The molecule has 0 aliphatic rings. The lowest BCUT2D eigenvalue weighted by atomic mass is 9.84. The fourth-order valence-corrected chi connectivity index (χ4v) is 1.91. The highest BCUT2D eigenvalue weighted by Crippen LogP contribution is 2.32. The van der Waals surface area contributed by atoms with Crippen LogP contribution in [0.4, 0.5) is 0 Å². The van der Waals surface area contributed by atoms with Gasteiger partial charge in [0.25, 0.3) is 0 Å². The SMILES string of the molecule is O=C(O)C[C@](O)(c1ccccc1)c1cccnc1. The van der Waals surface area contributed by atoms with Crippen molar-refractivity contribution in [3.8, 4) is 0 Å². The van der Waals surface area contributed by atoms with Crippen molar-refractivity contribution in [2.45, 2.75) is 12.0 Å². The number of carboxylic acid groups (broad SMARTS) is 1. The summed E-state index contributed by atoms with van der Waals surface area (Å²) >= 11 is 0. The molecular formula is C14H13NO3. The van der Waals surface area contributed by atoms with E-state index in [9.17, 15) is 9.90 Å². The Morgan fingerprint density at radius 1 is 1.11 bits per heavy atom. The predicted octanol–water partition coefficient (Wildman–Crippen LogP) is 1.79. The Hall–Kier alpha value is -2.20. The molecule has 0 aliphatic carbocycles. The van der Waals surface area contributed by atoms with Crippen molar-refractivity contribution >= 4 is 5.97 Å². The molecule has 2 rings (SSSR count). The van der Waals surface area contributed by atoms with Crippen molar-refractivity contribution in [2.24, 2.45) is 0 Å². The van der Waals surface area contributed by atoms with Gasteiger partial charge in [0.05, 0.1) is 6.42 Å². The summed E-state index contributed by atoms with van der Waals surface area (Å²) in [6.07, 6.45) is 2.66. The first-order valence-electron chi connectivity index (χ1n) is 5.53. The number of pyridine rings is 1. The van der Waals surface area contributed by atoms with E-state index < -0.39 is 18.0 Å². The van der Waals surface area contributed by atoms with E-state index in [1.54, 1.807) is 42.6 Å². The lowest BCUT2D eigenvalue weighted by Crippen LogP contribution is -2.30. The molecule has 1 atom stereocenters. The highest BCUT2D eigenvalue weighted by molar-refractivity contribution is 5.69. The Kier molecular flexibility index (Phi) is 3.39. The number of benzene rings is 1. The average molecular weight is 243 g/mol. The second-order valence-electron chi connectivity index (χ2n) is 4.04. The molecule has 1 heterocycles. The predicted molar refractivity (Wildman–Crippen MR) is 65.9 cm³/mol. The Bertz CT molecular complexity index is 486. The van der Waals surface area contributed by atoms with E-state index >= 15 is 0 Å². The van der Waals surface area contributed by atoms with Gasteiger partial charge in [0, 0.05) is 18.0 Å². The van der Waals surface area contributed by atoms with Crippen molar-refractivity contribution in [2.75, 3.05) is 0 Å². The van der Waals surface area contributed by atoms with Gasteiger partial charge >= 0.3 is 5.97 Å². The molecule has 1 aromatic heterocycles. The van der Waals surface area contributed by atoms with E-state index in [0.29, 0.717) is 11.1 Å². The number of aromatic nitrogens is 1. The molecule has 0 unspecified atom stereocenters. The van der Waals surface area contributed by atoms with Gasteiger partial charge in [-0.2, -0.15) is 0 Å². The third kappa shape index (κ3) is 2.38. The molecule has 0 saturated carbocycles. The quantitative estimate of drug-likeness (QED) is 0.858. The van der Waals surface area contributed by atoms with Gasteiger partial charge in [-0.3, -0.25) is 9.78 Å². The summed E-state index contributed by atoms with van der Waals surface area (Å²) in [5.41, 5.74) is -0.541. The monoisotopic (exact) mass is 243 g/mol. The average Bonchev–Trinajstić information content (AvgIpc) is 2.40. The molecule has 2 N–H and O–H groups in total. The largest absolute Gasteiger partial charge is 0.481 e. The Morgan fingerprint density at radius 2 is 1.78 bits per heavy atom. The molecule has 0 spiro atoms. The fourth-order valence-electron chi connectivity index (χ4n) is 1.91. The first kappa shape index (κ1) is 12.3. The second-order valence-corrected chi connectivity index (χ2v) is 4.04. The number of carbonyl (C=O) groups is 1. The molecule has 0 fully saturated rings. The van der Waals surface area contributed by atoms with Crippen molar-refractivity contribution in [3.05, 3.63) is 66.0 Å². The minimum atomic E-state index is -1.55. The Morgan fingerprint density at radius 3 is 2.33 bits per heavy atom. The Labute approximate surface area is 105 Å². The molecule has 4 heteroatoms. The zero-order chi connectivity index (χ0) is 13.0. The summed E-state index contributed by atoms with van der Waals surface area (Å²) in [6, 6.07) is 12.1. The van der Waals surface area contributed by atoms with Crippen LogP contribution in [-0.2, 0) is 10.4 Å². The summed E-state index contributed by atoms with van der Waals surface area (Å²) in [4.78, 5) is 14.9. The number of aliphatic hydroxyl groups is 1. The van der Waals surface area contributed by atoms with Crippen LogP contribution in [0.15, 0.2) is 54.9 Å².